The number of rotatable bonds is 2. The molecule has 1 aromatic heterocycles. The van der Waals surface area contributed by atoms with Gasteiger partial charge in [0.15, 0.2) is 11.5 Å². The molecule has 0 bridgehead atoms. The van der Waals surface area contributed by atoms with Gasteiger partial charge in [0.2, 0.25) is 0 Å². The summed E-state index contributed by atoms with van der Waals surface area (Å²) in [7, 11) is 0. The second kappa shape index (κ2) is 3.70. The number of hydrogen-bond donors (Lipinski definition) is 2. The summed E-state index contributed by atoms with van der Waals surface area (Å²) in [6.45, 7) is 1.96. The smallest absolute Gasteiger partial charge is 0.359 e. The van der Waals surface area contributed by atoms with Crippen molar-refractivity contribution in [1.82, 2.24) is 9.97 Å². The predicted molar refractivity (Wildman–Crippen MR) is 46.8 cm³/mol. The molecule has 0 aliphatic carbocycles. The van der Waals surface area contributed by atoms with Gasteiger partial charge in [0, 0.05) is 0 Å². The van der Waals surface area contributed by atoms with Gasteiger partial charge < -0.3 is 16.2 Å². The summed E-state index contributed by atoms with van der Waals surface area (Å²) >= 11 is 0. The van der Waals surface area contributed by atoms with E-state index in [0.717, 1.165) is 6.33 Å². The SMILES string of the molecule is CCOC(=O)c1ncnc(N)c1N. The molecule has 70 valence electrons. The molecule has 0 spiro atoms. The van der Waals surface area contributed by atoms with Gasteiger partial charge in [-0.15, -0.1) is 0 Å². The Kier molecular flexibility index (Phi) is 2.63. The second-order valence-corrected chi connectivity index (χ2v) is 2.24. The average Bonchev–Trinajstić information content (AvgIpc) is 2.10. The highest BCUT2D eigenvalue weighted by Crippen LogP contribution is 2.14. The van der Waals surface area contributed by atoms with Crippen LogP contribution in [0.1, 0.15) is 17.4 Å². The highest BCUT2D eigenvalue weighted by molar-refractivity contribution is 5.94. The molecule has 0 fully saturated rings. The molecular formula is C7H10N4O2. The van der Waals surface area contributed by atoms with E-state index in [2.05, 4.69) is 9.97 Å². The van der Waals surface area contributed by atoms with Crippen LogP contribution in [0.15, 0.2) is 6.33 Å². The Hall–Kier alpha value is -1.85. The number of ether oxygens (including phenoxy) is 1. The van der Waals surface area contributed by atoms with Crippen molar-refractivity contribution in [2.75, 3.05) is 18.1 Å². The minimum atomic E-state index is -0.589. The Morgan fingerprint density at radius 3 is 2.85 bits per heavy atom. The maximum Gasteiger partial charge on any atom is 0.359 e. The molecule has 6 heteroatoms. The van der Waals surface area contributed by atoms with E-state index >= 15 is 0 Å². The Bertz CT molecular complexity index is 326. The number of hydrogen-bond acceptors (Lipinski definition) is 6. The van der Waals surface area contributed by atoms with Gasteiger partial charge in [0.1, 0.15) is 12.0 Å². The average molecular weight is 182 g/mol. The third-order valence-electron chi connectivity index (χ3n) is 1.38. The summed E-state index contributed by atoms with van der Waals surface area (Å²) in [5, 5.41) is 0. The first-order valence-electron chi connectivity index (χ1n) is 3.69. The molecule has 0 saturated heterocycles. The van der Waals surface area contributed by atoms with Crippen molar-refractivity contribution in [2.45, 2.75) is 6.92 Å². The quantitative estimate of drug-likeness (QED) is 0.614. The zero-order chi connectivity index (χ0) is 9.84. The summed E-state index contributed by atoms with van der Waals surface area (Å²) in [5.41, 5.74) is 10.9. The van der Waals surface area contributed by atoms with Gasteiger partial charge in [-0.05, 0) is 6.92 Å². The number of aromatic nitrogens is 2. The lowest BCUT2D eigenvalue weighted by molar-refractivity contribution is 0.0520. The first-order valence-corrected chi connectivity index (χ1v) is 3.69. The molecule has 0 atom stereocenters. The lowest BCUT2D eigenvalue weighted by Crippen LogP contribution is -2.12. The fraction of sp³-hybridized carbons (Fsp3) is 0.286. The maximum absolute atomic E-state index is 11.2. The molecule has 0 aromatic carbocycles. The first-order chi connectivity index (χ1) is 6.16. The van der Waals surface area contributed by atoms with Gasteiger partial charge in [-0.25, -0.2) is 14.8 Å². The summed E-state index contributed by atoms with van der Waals surface area (Å²) in [6, 6.07) is 0. The number of nitrogens with two attached hydrogens (primary N) is 2. The molecule has 0 saturated carbocycles. The van der Waals surface area contributed by atoms with E-state index in [9.17, 15) is 4.79 Å². The zero-order valence-electron chi connectivity index (χ0n) is 7.15. The van der Waals surface area contributed by atoms with E-state index in [1.165, 1.54) is 0 Å². The van der Waals surface area contributed by atoms with Crippen LogP contribution in [0.4, 0.5) is 11.5 Å². The van der Waals surface area contributed by atoms with Crippen LogP contribution in [0.3, 0.4) is 0 Å². The van der Waals surface area contributed by atoms with Crippen molar-refractivity contribution in [3.8, 4) is 0 Å². The number of carbonyl (C=O) groups excluding carboxylic acids is 1. The minimum Gasteiger partial charge on any atom is -0.461 e. The zero-order valence-corrected chi connectivity index (χ0v) is 7.15. The van der Waals surface area contributed by atoms with E-state index in [-0.39, 0.29) is 23.8 Å². The van der Waals surface area contributed by atoms with Crippen LogP contribution in [0, 0.1) is 0 Å². The third kappa shape index (κ3) is 1.84. The van der Waals surface area contributed by atoms with Crippen LogP contribution >= 0.6 is 0 Å². The van der Waals surface area contributed by atoms with E-state index in [0.29, 0.717) is 0 Å². The normalized spacial score (nSPS) is 9.62. The molecular weight excluding hydrogens is 172 g/mol. The number of anilines is 2. The van der Waals surface area contributed by atoms with E-state index < -0.39 is 5.97 Å². The Balaban J connectivity index is 3.01. The van der Waals surface area contributed by atoms with E-state index in [4.69, 9.17) is 16.2 Å². The molecule has 0 amide bonds. The molecule has 6 nitrogen and oxygen atoms in total. The largest absolute Gasteiger partial charge is 0.461 e. The van der Waals surface area contributed by atoms with Crippen LogP contribution in [0.2, 0.25) is 0 Å². The van der Waals surface area contributed by atoms with Gasteiger partial charge in [-0.1, -0.05) is 0 Å². The molecule has 1 rings (SSSR count). The van der Waals surface area contributed by atoms with Crippen molar-refractivity contribution in [3.05, 3.63) is 12.0 Å². The molecule has 0 aliphatic rings. The molecule has 0 unspecified atom stereocenters. The van der Waals surface area contributed by atoms with Gasteiger partial charge >= 0.3 is 5.97 Å². The Morgan fingerprint density at radius 1 is 1.54 bits per heavy atom. The fourth-order valence-electron chi connectivity index (χ4n) is 0.771. The molecule has 4 N–H and O–H groups in total. The first kappa shape index (κ1) is 9.24. The minimum absolute atomic E-state index is 0.00866. The van der Waals surface area contributed by atoms with Crippen molar-refractivity contribution in [1.29, 1.82) is 0 Å². The topological polar surface area (TPSA) is 104 Å². The molecule has 1 aromatic rings. The number of esters is 1. The number of nitrogen functional groups attached to an aromatic ring is 2. The van der Waals surface area contributed by atoms with Gasteiger partial charge in [-0.3, -0.25) is 0 Å². The lowest BCUT2D eigenvalue weighted by Gasteiger charge is -2.04. The summed E-state index contributed by atoms with van der Waals surface area (Å²) in [6.07, 6.45) is 1.16. The van der Waals surface area contributed by atoms with E-state index in [1.807, 2.05) is 0 Å². The molecule has 0 aliphatic heterocycles. The van der Waals surface area contributed by atoms with Gasteiger partial charge in [0.25, 0.3) is 0 Å². The van der Waals surface area contributed by atoms with Crippen molar-refractivity contribution in [3.63, 3.8) is 0 Å². The van der Waals surface area contributed by atoms with Crippen molar-refractivity contribution >= 4 is 17.5 Å². The Labute approximate surface area is 74.9 Å². The molecule has 0 radical (unpaired) electrons. The van der Waals surface area contributed by atoms with Gasteiger partial charge in [0.05, 0.1) is 6.61 Å². The van der Waals surface area contributed by atoms with Crippen LogP contribution in [0.5, 0.6) is 0 Å². The summed E-state index contributed by atoms with van der Waals surface area (Å²) in [5.74, 6) is -0.507. The number of carbonyl (C=O) groups is 1. The van der Waals surface area contributed by atoms with Crippen molar-refractivity contribution < 1.29 is 9.53 Å². The molecule has 1 heterocycles. The summed E-state index contributed by atoms with van der Waals surface area (Å²) < 4.78 is 4.70. The fourth-order valence-corrected chi connectivity index (χ4v) is 0.771. The Morgan fingerprint density at radius 2 is 2.23 bits per heavy atom. The summed E-state index contributed by atoms with van der Waals surface area (Å²) in [4.78, 5) is 18.5. The van der Waals surface area contributed by atoms with Crippen LogP contribution < -0.4 is 11.5 Å². The predicted octanol–water partition coefficient (Wildman–Crippen LogP) is -0.182. The maximum atomic E-state index is 11.2. The monoisotopic (exact) mass is 182 g/mol. The highest BCUT2D eigenvalue weighted by atomic mass is 16.5. The van der Waals surface area contributed by atoms with Crippen LogP contribution in [-0.4, -0.2) is 22.5 Å². The second-order valence-electron chi connectivity index (χ2n) is 2.24. The standard InChI is InChI=1S/C7H10N4O2/c1-2-13-7(12)5-4(8)6(9)11-3-10-5/h3H,2,8H2,1H3,(H2,9,10,11). The van der Waals surface area contributed by atoms with Crippen LogP contribution in [-0.2, 0) is 4.74 Å². The van der Waals surface area contributed by atoms with E-state index in [1.54, 1.807) is 6.92 Å². The third-order valence-corrected chi connectivity index (χ3v) is 1.38. The lowest BCUT2D eigenvalue weighted by atomic mass is 10.3. The molecule has 13 heavy (non-hydrogen) atoms. The number of nitrogens with zero attached hydrogens (tertiary/aromatic N) is 2. The van der Waals surface area contributed by atoms with Crippen LogP contribution in [0.25, 0.3) is 0 Å². The van der Waals surface area contributed by atoms with Gasteiger partial charge in [-0.2, -0.15) is 0 Å². The van der Waals surface area contributed by atoms with Crippen molar-refractivity contribution in [2.24, 2.45) is 0 Å². The highest BCUT2D eigenvalue weighted by Gasteiger charge is 2.14.